The van der Waals surface area contributed by atoms with Crippen molar-refractivity contribution in [3.63, 3.8) is 0 Å². The van der Waals surface area contributed by atoms with Gasteiger partial charge in [-0.05, 0) is 43.2 Å². The van der Waals surface area contributed by atoms with Crippen LogP contribution in [0.2, 0.25) is 5.02 Å². The summed E-state index contributed by atoms with van der Waals surface area (Å²) in [6.07, 6.45) is 1.21. The fourth-order valence-electron chi connectivity index (χ4n) is 3.03. The van der Waals surface area contributed by atoms with Gasteiger partial charge in [0.05, 0.1) is 22.0 Å². The molecule has 0 amide bonds. The number of nitrogens with one attached hydrogen (secondary N) is 2. The van der Waals surface area contributed by atoms with E-state index >= 15 is 0 Å². The third-order valence-electron chi connectivity index (χ3n) is 4.49. The number of benzene rings is 1. The van der Waals surface area contributed by atoms with Gasteiger partial charge in [-0.1, -0.05) is 29.8 Å². The largest absolute Gasteiger partial charge is 0.481 e. The van der Waals surface area contributed by atoms with Crippen LogP contribution in [0.4, 0.5) is 11.6 Å². The van der Waals surface area contributed by atoms with E-state index in [9.17, 15) is 13.2 Å². The number of hydrogen-bond donors (Lipinski definition) is 3. The van der Waals surface area contributed by atoms with Crippen molar-refractivity contribution in [2.45, 2.75) is 25.2 Å². The van der Waals surface area contributed by atoms with Crippen LogP contribution in [0, 0.1) is 13.8 Å². The van der Waals surface area contributed by atoms with Crippen molar-refractivity contribution in [1.29, 1.82) is 0 Å². The average Bonchev–Trinajstić information content (AvgIpc) is 2.70. The van der Waals surface area contributed by atoms with Gasteiger partial charge in [-0.2, -0.15) is 0 Å². The van der Waals surface area contributed by atoms with E-state index in [4.69, 9.17) is 16.7 Å². The van der Waals surface area contributed by atoms with Gasteiger partial charge in [0.2, 0.25) is 0 Å². The van der Waals surface area contributed by atoms with E-state index in [1.54, 1.807) is 6.07 Å². The normalized spacial score (nSPS) is 11.2. The molecule has 162 valence electrons. The van der Waals surface area contributed by atoms with E-state index in [1.807, 2.05) is 32.0 Å². The Kier molecular flexibility index (Phi) is 6.77. The molecule has 3 aromatic rings. The molecule has 3 N–H and O–H groups in total. The molecule has 3 rings (SSSR count). The molecule has 0 saturated carbocycles. The summed E-state index contributed by atoms with van der Waals surface area (Å²) >= 11 is 6.36. The van der Waals surface area contributed by atoms with Crippen LogP contribution in [-0.2, 0) is 14.8 Å². The van der Waals surface area contributed by atoms with Gasteiger partial charge >= 0.3 is 5.97 Å². The molecule has 0 aliphatic rings. The Hall–Kier alpha value is -3.17. The highest BCUT2D eigenvalue weighted by Crippen LogP contribution is 2.32. The number of sulfonamides is 1. The minimum atomic E-state index is -3.96. The molecule has 10 heteroatoms. The van der Waals surface area contributed by atoms with Crippen LogP contribution in [-0.4, -0.2) is 36.0 Å². The van der Waals surface area contributed by atoms with E-state index in [1.165, 1.54) is 24.4 Å². The first-order valence-corrected chi connectivity index (χ1v) is 11.2. The molecule has 2 aromatic heterocycles. The molecule has 0 atom stereocenters. The zero-order valence-electron chi connectivity index (χ0n) is 16.9. The van der Waals surface area contributed by atoms with Gasteiger partial charge in [0, 0.05) is 24.4 Å². The topological polar surface area (TPSA) is 121 Å². The lowest BCUT2D eigenvalue weighted by Crippen LogP contribution is -2.15. The number of aliphatic carboxylic acids is 1. The van der Waals surface area contributed by atoms with E-state index in [0.717, 1.165) is 16.7 Å². The highest BCUT2D eigenvalue weighted by Gasteiger charge is 2.18. The number of hydrogen-bond acceptors (Lipinski definition) is 6. The molecule has 0 bridgehead atoms. The lowest BCUT2D eigenvalue weighted by molar-refractivity contribution is -0.136. The number of carboxylic acid groups (broad SMARTS) is 1. The summed E-state index contributed by atoms with van der Waals surface area (Å²) in [4.78, 5) is 19.1. The number of aromatic nitrogens is 2. The van der Waals surface area contributed by atoms with E-state index in [0.29, 0.717) is 10.7 Å². The number of carboxylic acids is 1. The first-order chi connectivity index (χ1) is 14.7. The molecule has 0 fully saturated rings. The highest BCUT2D eigenvalue weighted by molar-refractivity contribution is 7.92. The maximum atomic E-state index is 12.9. The predicted octanol–water partition coefficient (Wildman–Crippen LogP) is 4.10. The van der Waals surface area contributed by atoms with Crippen molar-refractivity contribution in [3.8, 4) is 11.3 Å². The summed E-state index contributed by atoms with van der Waals surface area (Å²) in [7, 11) is -3.96. The van der Waals surface area contributed by atoms with Crippen LogP contribution in [0.5, 0.6) is 0 Å². The van der Waals surface area contributed by atoms with Crippen LogP contribution in [0.15, 0.2) is 53.6 Å². The second-order valence-corrected chi connectivity index (χ2v) is 8.94. The Labute approximate surface area is 185 Å². The number of rotatable bonds is 8. The maximum Gasteiger partial charge on any atom is 0.305 e. The Morgan fingerprint density at radius 2 is 1.81 bits per heavy atom. The molecule has 0 aliphatic heterocycles. The van der Waals surface area contributed by atoms with Gasteiger partial charge in [-0.3, -0.25) is 9.52 Å². The molecule has 0 saturated heterocycles. The maximum absolute atomic E-state index is 12.9. The van der Waals surface area contributed by atoms with Crippen molar-refractivity contribution in [3.05, 3.63) is 64.8 Å². The van der Waals surface area contributed by atoms with Crippen molar-refractivity contribution in [1.82, 2.24) is 9.97 Å². The summed E-state index contributed by atoms with van der Waals surface area (Å²) in [5.41, 5.74) is 3.28. The molecule has 0 unspecified atom stereocenters. The van der Waals surface area contributed by atoms with Gasteiger partial charge in [-0.25, -0.2) is 18.4 Å². The Bertz CT molecular complexity index is 1210. The number of anilines is 2. The van der Waals surface area contributed by atoms with E-state index < -0.39 is 16.0 Å². The fraction of sp³-hybridized carbons (Fsp3) is 0.190. The van der Waals surface area contributed by atoms with Crippen LogP contribution >= 0.6 is 11.6 Å². The van der Waals surface area contributed by atoms with Crippen LogP contribution in [0.25, 0.3) is 11.3 Å². The average molecular weight is 461 g/mol. The summed E-state index contributed by atoms with van der Waals surface area (Å²) in [5, 5.41) is 11.9. The molecule has 31 heavy (non-hydrogen) atoms. The van der Waals surface area contributed by atoms with Gasteiger partial charge in [0.1, 0.15) is 11.6 Å². The monoisotopic (exact) mass is 460 g/mol. The summed E-state index contributed by atoms with van der Waals surface area (Å²) in [5.74, 6) is -0.588. The second-order valence-electron chi connectivity index (χ2n) is 6.85. The minimum Gasteiger partial charge on any atom is -0.481 e. The molecular weight excluding hydrogens is 440 g/mol. The lowest BCUT2D eigenvalue weighted by atomic mass is 9.99. The molecular formula is C21H21ClN4O4S. The van der Waals surface area contributed by atoms with Crippen molar-refractivity contribution in [2.75, 3.05) is 16.6 Å². The number of aryl methyl sites for hydroxylation is 2. The van der Waals surface area contributed by atoms with Crippen LogP contribution in [0.3, 0.4) is 0 Å². The minimum absolute atomic E-state index is 0.0364. The summed E-state index contributed by atoms with van der Waals surface area (Å²) in [6.45, 7) is 4.00. The Balaban J connectivity index is 1.88. The van der Waals surface area contributed by atoms with Crippen LogP contribution in [0.1, 0.15) is 17.5 Å². The first kappa shape index (κ1) is 22.5. The summed E-state index contributed by atoms with van der Waals surface area (Å²) in [6, 6.07) is 11.6. The van der Waals surface area contributed by atoms with E-state index in [2.05, 4.69) is 20.0 Å². The van der Waals surface area contributed by atoms with Crippen molar-refractivity contribution < 1.29 is 18.3 Å². The molecule has 0 radical (unpaired) electrons. The van der Waals surface area contributed by atoms with Crippen molar-refractivity contribution >= 4 is 39.2 Å². The molecule has 0 spiro atoms. The van der Waals surface area contributed by atoms with Crippen molar-refractivity contribution in [2.24, 2.45) is 0 Å². The second kappa shape index (κ2) is 9.32. The standard InChI is InChI=1S/C21H21ClN4O4S/c1-13-4-3-5-14(2)20(13)21-16(22)6-7-17(25-21)26-31(29,30)15-8-10-23-18(12-15)24-11-9-19(27)28/h3-8,10,12H,9,11H2,1-2H3,(H,23,24)(H,25,26)(H,27,28). The number of pyridine rings is 2. The number of nitrogens with zero attached hydrogens (tertiary/aromatic N) is 2. The van der Waals surface area contributed by atoms with Gasteiger partial charge < -0.3 is 10.4 Å². The van der Waals surface area contributed by atoms with Gasteiger partial charge in [0.25, 0.3) is 10.0 Å². The zero-order chi connectivity index (χ0) is 22.6. The van der Waals surface area contributed by atoms with Crippen LogP contribution < -0.4 is 10.0 Å². The van der Waals surface area contributed by atoms with Gasteiger partial charge in [0.15, 0.2) is 0 Å². The lowest BCUT2D eigenvalue weighted by Gasteiger charge is -2.14. The third kappa shape index (κ3) is 5.50. The van der Waals surface area contributed by atoms with Gasteiger partial charge in [-0.15, -0.1) is 0 Å². The molecule has 1 aromatic carbocycles. The third-order valence-corrected chi connectivity index (χ3v) is 6.15. The molecule has 8 nitrogen and oxygen atoms in total. The molecule has 0 aliphatic carbocycles. The molecule has 2 heterocycles. The Morgan fingerprint density at radius 1 is 1.10 bits per heavy atom. The Morgan fingerprint density at radius 3 is 2.48 bits per heavy atom. The summed E-state index contributed by atoms with van der Waals surface area (Å²) < 4.78 is 28.2. The van der Waals surface area contributed by atoms with E-state index in [-0.39, 0.29) is 29.5 Å². The zero-order valence-corrected chi connectivity index (χ0v) is 18.5. The SMILES string of the molecule is Cc1cccc(C)c1-c1nc(NS(=O)(=O)c2ccnc(NCCC(=O)O)c2)ccc1Cl. The highest BCUT2D eigenvalue weighted by atomic mass is 35.5. The number of halogens is 1. The first-order valence-electron chi connectivity index (χ1n) is 9.35. The smallest absolute Gasteiger partial charge is 0.305 e. The number of carbonyl (C=O) groups is 1. The quantitative estimate of drug-likeness (QED) is 0.462. The predicted molar refractivity (Wildman–Crippen MR) is 120 cm³/mol. The fourth-order valence-corrected chi connectivity index (χ4v) is 4.24.